The summed E-state index contributed by atoms with van der Waals surface area (Å²) in [4.78, 5) is 14.5. The third-order valence-electron chi connectivity index (χ3n) is 2.23. The largest absolute Gasteiger partial charge is 0.478 e. The van der Waals surface area contributed by atoms with Crippen molar-refractivity contribution in [2.75, 3.05) is 5.32 Å². The van der Waals surface area contributed by atoms with Gasteiger partial charge in [-0.15, -0.1) is 0 Å². The summed E-state index contributed by atoms with van der Waals surface area (Å²) in [5.41, 5.74) is 0.205. The summed E-state index contributed by atoms with van der Waals surface area (Å²) >= 11 is 3.28. The molecule has 2 aromatic rings. The minimum Gasteiger partial charge on any atom is -0.478 e. The average molecular weight is 311 g/mol. The molecule has 6 heteroatoms. The van der Waals surface area contributed by atoms with Crippen molar-refractivity contribution in [2.24, 2.45) is 0 Å². The van der Waals surface area contributed by atoms with E-state index in [0.29, 0.717) is 5.69 Å². The van der Waals surface area contributed by atoms with Gasteiger partial charge in [-0.1, -0.05) is 15.9 Å². The number of benzene rings is 1. The molecule has 18 heavy (non-hydrogen) atoms. The van der Waals surface area contributed by atoms with Crippen molar-refractivity contribution in [2.45, 2.75) is 0 Å². The van der Waals surface area contributed by atoms with Crippen LogP contribution in [0.1, 0.15) is 10.4 Å². The molecule has 1 aromatic carbocycles. The van der Waals surface area contributed by atoms with E-state index in [1.807, 2.05) is 0 Å². The Labute approximate surface area is 111 Å². The topological polar surface area (TPSA) is 62.2 Å². The Balaban J connectivity index is 2.32. The van der Waals surface area contributed by atoms with Crippen LogP contribution in [0, 0.1) is 5.82 Å². The zero-order valence-electron chi connectivity index (χ0n) is 9.02. The van der Waals surface area contributed by atoms with Crippen LogP contribution in [0.3, 0.4) is 0 Å². The molecule has 0 aliphatic rings. The van der Waals surface area contributed by atoms with Crippen LogP contribution >= 0.6 is 15.9 Å². The lowest BCUT2D eigenvalue weighted by molar-refractivity contribution is 0.0692. The highest BCUT2D eigenvalue weighted by molar-refractivity contribution is 9.10. The van der Waals surface area contributed by atoms with Gasteiger partial charge in [-0.25, -0.2) is 14.2 Å². The first-order valence-electron chi connectivity index (χ1n) is 4.98. The van der Waals surface area contributed by atoms with Crippen molar-refractivity contribution >= 4 is 33.4 Å². The van der Waals surface area contributed by atoms with E-state index >= 15 is 0 Å². The predicted molar refractivity (Wildman–Crippen MR) is 68.6 cm³/mol. The Morgan fingerprint density at radius 3 is 2.56 bits per heavy atom. The summed E-state index contributed by atoms with van der Waals surface area (Å²) in [7, 11) is 0. The Kier molecular flexibility index (Phi) is 3.57. The van der Waals surface area contributed by atoms with Crippen molar-refractivity contribution < 1.29 is 14.3 Å². The second-order valence-electron chi connectivity index (χ2n) is 3.46. The van der Waals surface area contributed by atoms with E-state index in [-0.39, 0.29) is 5.82 Å². The average Bonchev–Trinajstić information content (AvgIpc) is 2.34. The van der Waals surface area contributed by atoms with Gasteiger partial charge in [-0.2, -0.15) is 0 Å². The molecular formula is C12H8BrFN2O2. The highest BCUT2D eigenvalue weighted by Crippen LogP contribution is 2.21. The Morgan fingerprint density at radius 2 is 1.94 bits per heavy atom. The van der Waals surface area contributed by atoms with Crippen molar-refractivity contribution in [3.8, 4) is 0 Å². The van der Waals surface area contributed by atoms with Gasteiger partial charge in [0, 0.05) is 16.4 Å². The Morgan fingerprint density at radius 1 is 1.28 bits per heavy atom. The molecule has 2 N–H and O–H groups in total. The van der Waals surface area contributed by atoms with E-state index in [1.165, 1.54) is 6.20 Å². The van der Waals surface area contributed by atoms with E-state index in [0.717, 1.165) is 10.5 Å². The van der Waals surface area contributed by atoms with Gasteiger partial charge in [0.1, 0.15) is 5.56 Å². The molecule has 0 spiro atoms. The highest BCUT2D eigenvalue weighted by atomic mass is 79.9. The fraction of sp³-hybridized carbons (Fsp3) is 0. The Bertz CT molecular complexity index is 587. The summed E-state index contributed by atoms with van der Waals surface area (Å²) in [6, 6.07) is 8.12. The lowest BCUT2D eigenvalue weighted by Gasteiger charge is -2.07. The zero-order valence-corrected chi connectivity index (χ0v) is 10.6. The van der Waals surface area contributed by atoms with Gasteiger partial charge in [0.15, 0.2) is 11.6 Å². The number of halogens is 2. The van der Waals surface area contributed by atoms with Gasteiger partial charge >= 0.3 is 5.97 Å². The first-order valence-corrected chi connectivity index (χ1v) is 5.77. The molecule has 0 amide bonds. The van der Waals surface area contributed by atoms with Gasteiger partial charge in [0.25, 0.3) is 0 Å². The fourth-order valence-corrected chi connectivity index (χ4v) is 1.63. The summed E-state index contributed by atoms with van der Waals surface area (Å²) in [5, 5.41) is 11.5. The van der Waals surface area contributed by atoms with Gasteiger partial charge in [0.2, 0.25) is 0 Å². The van der Waals surface area contributed by atoms with Crippen molar-refractivity contribution in [1.82, 2.24) is 4.98 Å². The number of carbonyl (C=O) groups is 1. The monoisotopic (exact) mass is 310 g/mol. The van der Waals surface area contributed by atoms with Crippen LogP contribution in [-0.4, -0.2) is 16.1 Å². The fourth-order valence-electron chi connectivity index (χ4n) is 1.37. The van der Waals surface area contributed by atoms with Crippen LogP contribution < -0.4 is 5.32 Å². The number of carboxylic acids is 1. The van der Waals surface area contributed by atoms with Crippen molar-refractivity contribution in [3.63, 3.8) is 0 Å². The summed E-state index contributed by atoms with van der Waals surface area (Å²) in [6.45, 7) is 0. The molecule has 0 saturated heterocycles. The smallest absolute Gasteiger partial charge is 0.338 e. The number of aromatic nitrogens is 1. The number of pyridine rings is 1. The molecule has 0 fully saturated rings. The first kappa shape index (κ1) is 12.5. The highest BCUT2D eigenvalue weighted by Gasteiger charge is 2.14. The number of nitrogens with zero attached hydrogens (tertiary/aromatic N) is 1. The number of aromatic carboxylic acids is 1. The van der Waals surface area contributed by atoms with E-state index in [4.69, 9.17) is 5.11 Å². The lowest BCUT2D eigenvalue weighted by Crippen LogP contribution is -2.05. The minimum atomic E-state index is -1.33. The van der Waals surface area contributed by atoms with E-state index in [9.17, 15) is 9.18 Å². The molecule has 0 radical (unpaired) electrons. The maximum Gasteiger partial charge on any atom is 0.338 e. The molecule has 1 heterocycles. The number of anilines is 2. The van der Waals surface area contributed by atoms with Crippen molar-refractivity contribution in [3.05, 3.63) is 52.4 Å². The molecule has 92 valence electrons. The molecular weight excluding hydrogens is 303 g/mol. The minimum absolute atomic E-state index is 0.114. The van der Waals surface area contributed by atoms with Crippen LogP contribution in [-0.2, 0) is 0 Å². The quantitative estimate of drug-likeness (QED) is 0.911. The molecule has 0 saturated carbocycles. The number of hydrogen-bond acceptors (Lipinski definition) is 3. The van der Waals surface area contributed by atoms with Gasteiger partial charge in [0.05, 0.1) is 0 Å². The van der Waals surface area contributed by atoms with E-state index in [2.05, 4.69) is 26.2 Å². The van der Waals surface area contributed by atoms with Crippen molar-refractivity contribution in [1.29, 1.82) is 0 Å². The number of hydrogen-bond donors (Lipinski definition) is 2. The number of nitrogens with one attached hydrogen (secondary N) is 1. The number of rotatable bonds is 3. The SMILES string of the molecule is O=C(O)c1ccnc(Nc2ccc(Br)cc2)c1F. The molecule has 0 aliphatic heterocycles. The normalized spacial score (nSPS) is 10.1. The number of carboxylic acid groups (broad SMARTS) is 1. The molecule has 0 aliphatic carbocycles. The second kappa shape index (κ2) is 5.14. The third kappa shape index (κ3) is 2.65. The molecule has 4 nitrogen and oxygen atoms in total. The van der Waals surface area contributed by atoms with Crippen LogP contribution in [0.2, 0.25) is 0 Å². The maximum absolute atomic E-state index is 13.8. The van der Waals surface area contributed by atoms with Crippen LogP contribution in [0.25, 0.3) is 0 Å². The van der Waals surface area contributed by atoms with E-state index in [1.54, 1.807) is 24.3 Å². The van der Waals surface area contributed by atoms with Crippen LogP contribution in [0.5, 0.6) is 0 Å². The summed E-state index contributed by atoms with van der Waals surface area (Å²) in [5.74, 6) is -2.32. The standard InChI is InChI=1S/C12H8BrFN2O2/c13-7-1-3-8(4-2-7)16-11-10(14)9(12(17)18)5-6-15-11/h1-6H,(H,15,16)(H,17,18). The maximum atomic E-state index is 13.8. The molecule has 2 rings (SSSR count). The molecule has 0 atom stereocenters. The van der Waals surface area contributed by atoms with Gasteiger partial charge in [-0.3, -0.25) is 0 Å². The Hall–Kier alpha value is -1.95. The van der Waals surface area contributed by atoms with Crippen LogP contribution in [0.15, 0.2) is 41.0 Å². The van der Waals surface area contributed by atoms with Crippen LogP contribution in [0.4, 0.5) is 15.9 Å². The van der Waals surface area contributed by atoms with E-state index < -0.39 is 17.3 Å². The predicted octanol–water partition coefficient (Wildman–Crippen LogP) is 3.43. The van der Waals surface area contributed by atoms with Gasteiger partial charge < -0.3 is 10.4 Å². The second-order valence-corrected chi connectivity index (χ2v) is 4.37. The molecule has 1 aromatic heterocycles. The molecule has 0 unspecified atom stereocenters. The van der Waals surface area contributed by atoms with Gasteiger partial charge in [-0.05, 0) is 30.3 Å². The molecule has 0 bridgehead atoms. The third-order valence-corrected chi connectivity index (χ3v) is 2.76. The summed E-state index contributed by atoms with van der Waals surface area (Å²) in [6.07, 6.45) is 1.24. The zero-order chi connectivity index (χ0) is 13.1. The summed E-state index contributed by atoms with van der Waals surface area (Å²) < 4.78 is 14.7. The first-order chi connectivity index (χ1) is 8.58. The lowest BCUT2D eigenvalue weighted by atomic mass is 10.2.